The Morgan fingerprint density at radius 3 is 2.73 bits per heavy atom. The van der Waals surface area contributed by atoms with Gasteiger partial charge in [0.2, 0.25) is 5.91 Å². The van der Waals surface area contributed by atoms with Crippen molar-refractivity contribution in [3.05, 3.63) is 12.2 Å². The van der Waals surface area contributed by atoms with Gasteiger partial charge in [0.25, 0.3) is 0 Å². The van der Waals surface area contributed by atoms with Crippen LogP contribution in [0.4, 0.5) is 0 Å². The number of carbonyl (C=O) groups excluding carboxylic acids is 1. The average Bonchev–Trinajstić information content (AvgIpc) is 1.99. The molecule has 0 unspecified atom stereocenters. The summed E-state index contributed by atoms with van der Waals surface area (Å²) in [5.41, 5.74) is 0. The Morgan fingerprint density at radius 1 is 1.45 bits per heavy atom. The average molecular weight is 156 g/mol. The third kappa shape index (κ3) is 7.06. The van der Waals surface area contributed by atoms with Crippen LogP contribution in [0.1, 0.15) is 13.3 Å². The number of rotatable bonds is 5. The van der Waals surface area contributed by atoms with Crippen molar-refractivity contribution in [2.24, 2.45) is 0 Å². The summed E-state index contributed by atoms with van der Waals surface area (Å²) in [7, 11) is 1.90. The Kier molecular flexibility index (Phi) is 6.73. The molecule has 3 nitrogen and oxygen atoms in total. The number of nitrogens with one attached hydrogen (secondary N) is 2. The van der Waals surface area contributed by atoms with Crippen LogP contribution in [0.2, 0.25) is 0 Å². The van der Waals surface area contributed by atoms with E-state index in [1.165, 1.54) is 6.08 Å². The zero-order valence-electron chi connectivity index (χ0n) is 7.18. The minimum atomic E-state index is -0.0106. The quantitative estimate of drug-likeness (QED) is 0.443. The first kappa shape index (κ1) is 10.2. The summed E-state index contributed by atoms with van der Waals surface area (Å²) in [6.45, 7) is 3.51. The molecule has 0 bridgehead atoms. The second-order valence-corrected chi connectivity index (χ2v) is 2.25. The van der Waals surface area contributed by atoms with Gasteiger partial charge >= 0.3 is 0 Å². The zero-order valence-corrected chi connectivity index (χ0v) is 7.18. The summed E-state index contributed by atoms with van der Waals surface area (Å²) in [6, 6.07) is 0. The normalized spacial score (nSPS) is 10.4. The highest BCUT2D eigenvalue weighted by molar-refractivity contribution is 5.87. The third-order valence-corrected chi connectivity index (χ3v) is 1.22. The molecule has 0 radical (unpaired) electrons. The highest BCUT2D eigenvalue weighted by atomic mass is 16.1. The van der Waals surface area contributed by atoms with Crippen LogP contribution < -0.4 is 10.6 Å². The van der Waals surface area contributed by atoms with Crippen LogP contribution in [0.3, 0.4) is 0 Å². The standard InChI is InChI=1S/C8H16N2O/c1-3-5-8(11)10-7-4-6-9-2/h3,5,9H,4,6-7H2,1-2H3,(H,10,11)/b5-3+. The Balaban J connectivity index is 3.17. The molecule has 0 atom stereocenters. The molecule has 1 amide bonds. The molecule has 3 heteroatoms. The van der Waals surface area contributed by atoms with Crippen molar-refractivity contribution in [1.29, 1.82) is 0 Å². The first-order valence-corrected chi connectivity index (χ1v) is 3.86. The van der Waals surface area contributed by atoms with Crippen molar-refractivity contribution in [2.45, 2.75) is 13.3 Å². The second-order valence-electron chi connectivity index (χ2n) is 2.25. The second kappa shape index (κ2) is 7.28. The largest absolute Gasteiger partial charge is 0.353 e. The van der Waals surface area contributed by atoms with E-state index in [4.69, 9.17) is 0 Å². The molecule has 0 heterocycles. The van der Waals surface area contributed by atoms with E-state index in [9.17, 15) is 4.79 Å². The van der Waals surface area contributed by atoms with Crippen molar-refractivity contribution >= 4 is 5.91 Å². The Hall–Kier alpha value is -0.830. The predicted molar refractivity (Wildman–Crippen MR) is 46.4 cm³/mol. The first-order valence-electron chi connectivity index (χ1n) is 3.86. The monoisotopic (exact) mass is 156 g/mol. The third-order valence-electron chi connectivity index (χ3n) is 1.22. The Morgan fingerprint density at radius 2 is 2.18 bits per heavy atom. The van der Waals surface area contributed by atoms with Gasteiger partial charge < -0.3 is 10.6 Å². The number of carbonyl (C=O) groups is 1. The number of hydrogen-bond acceptors (Lipinski definition) is 2. The van der Waals surface area contributed by atoms with Crippen molar-refractivity contribution < 1.29 is 4.79 Å². The number of allylic oxidation sites excluding steroid dienone is 1. The highest BCUT2D eigenvalue weighted by Crippen LogP contribution is 1.75. The van der Waals surface area contributed by atoms with Crippen LogP contribution in [0.5, 0.6) is 0 Å². The van der Waals surface area contributed by atoms with Crippen molar-refractivity contribution in [3.8, 4) is 0 Å². The van der Waals surface area contributed by atoms with E-state index in [2.05, 4.69) is 10.6 Å². The van der Waals surface area contributed by atoms with Crippen LogP contribution in [-0.2, 0) is 4.79 Å². The molecule has 0 aromatic rings. The lowest BCUT2D eigenvalue weighted by Gasteiger charge is -2.00. The van der Waals surface area contributed by atoms with E-state index in [0.717, 1.165) is 19.5 Å². The van der Waals surface area contributed by atoms with E-state index >= 15 is 0 Å². The maximum Gasteiger partial charge on any atom is 0.243 e. The molecule has 0 aliphatic carbocycles. The molecule has 0 aliphatic rings. The van der Waals surface area contributed by atoms with E-state index in [0.29, 0.717) is 0 Å². The SMILES string of the molecule is C/C=C/C(=O)NCCCNC. The summed E-state index contributed by atoms with van der Waals surface area (Å²) >= 11 is 0. The molecule has 0 aromatic heterocycles. The maximum absolute atomic E-state index is 10.8. The summed E-state index contributed by atoms with van der Waals surface area (Å²) in [5.74, 6) is -0.0106. The van der Waals surface area contributed by atoms with Gasteiger partial charge in [0.1, 0.15) is 0 Å². The summed E-state index contributed by atoms with van der Waals surface area (Å²) in [6.07, 6.45) is 4.23. The van der Waals surface area contributed by atoms with E-state index in [1.807, 2.05) is 14.0 Å². The fourth-order valence-corrected chi connectivity index (χ4v) is 0.687. The molecule has 2 N–H and O–H groups in total. The van der Waals surface area contributed by atoms with Crippen LogP contribution >= 0.6 is 0 Å². The molecule has 0 saturated carbocycles. The van der Waals surface area contributed by atoms with Gasteiger partial charge in [-0.3, -0.25) is 4.79 Å². The highest BCUT2D eigenvalue weighted by Gasteiger charge is 1.91. The number of hydrogen-bond donors (Lipinski definition) is 2. The molecule has 0 saturated heterocycles. The van der Waals surface area contributed by atoms with Gasteiger partial charge in [-0.05, 0) is 33.0 Å². The van der Waals surface area contributed by atoms with Crippen molar-refractivity contribution in [3.63, 3.8) is 0 Å². The van der Waals surface area contributed by atoms with Gasteiger partial charge in [-0.1, -0.05) is 6.08 Å². The van der Waals surface area contributed by atoms with Gasteiger partial charge in [-0.15, -0.1) is 0 Å². The van der Waals surface area contributed by atoms with Crippen LogP contribution in [0.15, 0.2) is 12.2 Å². The smallest absolute Gasteiger partial charge is 0.243 e. The lowest BCUT2D eigenvalue weighted by molar-refractivity contribution is -0.116. The van der Waals surface area contributed by atoms with E-state index < -0.39 is 0 Å². The topological polar surface area (TPSA) is 41.1 Å². The zero-order chi connectivity index (χ0) is 8.53. The number of amides is 1. The summed E-state index contributed by atoms with van der Waals surface area (Å²) in [4.78, 5) is 10.8. The predicted octanol–water partition coefficient (Wildman–Crippen LogP) is 0.288. The van der Waals surface area contributed by atoms with Crippen LogP contribution in [0, 0.1) is 0 Å². The molecular weight excluding hydrogens is 140 g/mol. The van der Waals surface area contributed by atoms with Gasteiger partial charge in [0, 0.05) is 6.54 Å². The molecule has 0 fully saturated rings. The van der Waals surface area contributed by atoms with Crippen molar-refractivity contribution in [2.75, 3.05) is 20.1 Å². The van der Waals surface area contributed by atoms with E-state index in [1.54, 1.807) is 6.08 Å². The van der Waals surface area contributed by atoms with Crippen LogP contribution in [-0.4, -0.2) is 26.0 Å². The lowest BCUT2D eigenvalue weighted by atomic mass is 10.4. The van der Waals surface area contributed by atoms with Gasteiger partial charge in [0.05, 0.1) is 0 Å². The molecular formula is C8H16N2O. The van der Waals surface area contributed by atoms with E-state index in [-0.39, 0.29) is 5.91 Å². The minimum Gasteiger partial charge on any atom is -0.353 e. The Labute approximate surface area is 67.9 Å². The Bertz CT molecular complexity index is 132. The molecule has 0 spiro atoms. The summed E-state index contributed by atoms with van der Waals surface area (Å²) < 4.78 is 0. The van der Waals surface area contributed by atoms with Gasteiger partial charge in [-0.2, -0.15) is 0 Å². The molecule has 11 heavy (non-hydrogen) atoms. The molecule has 0 rings (SSSR count). The van der Waals surface area contributed by atoms with Crippen LogP contribution in [0.25, 0.3) is 0 Å². The van der Waals surface area contributed by atoms with Gasteiger partial charge in [-0.25, -0.2) is 0 Å². The first-order chi connectivity index (χ1) is 5.31. The molecule has 0 aromatic carbocycles. The van der Waals surface area contributed by atoms with Gasteiger partial charge in [0.15, 0.2) is 0 Å². The maximum atomic E-state index is 10.8. The molecule has 0 aliphatic heterocycles. The lowest BCUT2D eigenvalue weighted by Crippen LogP contribution is -2.24. The fraction of sp³-hybridized carbons (Fsp3) is 0.625. The molecule has 64 valence electrons. The van der Waals surface area contributed by atoms with Crippen molar-refractivity contribution in [1.82, 2.24) is 10.6 Å². The fourth-order valence-electron chi connectivity index (χ4n) is 0.687. The summed E-state index contributed by atoms with van der Waals surface area (Å²) in [5, 5.41) is 5.76. The minimum absolute atomic E-state index is 0.0106.